The lowest BCUT2D eigenvalue weighted by Crippen LogP contribution is -2.12. The van der Waals surface area contributed by atoms with E-state index in [1.54, 1.807) is 7.05 Å². The number of nitrogen functional groups attached to an aromatic ring is 1. The van der Waals surface area contributed by atoms with Gasteiger partial charge in [-0.2, -0.15) is 0 Å². The molecule has 0 radical (unpaired) electrons. The van der Waals surface area contributed by atoms with Gasteiger partial charge in [-0.15, -0.1) is 5.10 Å². The van der Waals surface area contributed by atoms with Crippen molar-refractivity contribution in [1.29, 1.82) is 0 Å². The normalized spacial score (nSPS) is 10.8. The second-order valence-electron chi connectivity index (χ2n) is 4.14. The van der Waals surface area contributed by atoms with Crippen LogP contribution in [0.2, 0.25) is 0 Å². The molecule has 1 aromatic carbocycles. The molecule has 108 valence electrons. The molecule has 3 N–H and O–H groups in total. The molecule has 0 spiro atoms. The summed E-state index contributed by atoms with van der Waals surface area (Å²) in [5, 5.41) is 6.63. The molecule has 0 bridgehead atoms. The molecule has 0 atom stereocenters. The van der Waals surface area contributed by atoms with Crippen molar-refractivity contribution in [1.82, 2.24) is 14.8 Å². The highest BCUT2D eigenvalue weighted by molar-refractivity contribution is 7.99. The predicted octanol–water partition coefficient (Wildman–Crippen LogP) is 1.77. The van der Waals surface area contributed by atoms with Gasteiger partial charge in [0.1, 0.15) is 0 Å². The van der Waals surface area contributed by atoms with Gasteiger partial charge >= 0.3 is 5.69 Å². The van der Waals surface area contributed by atoms with E-state index < -0.39 is 5.82 Å². The third-order valence-electron chi connectivity index (χ3n) is 2.57. The number of anilines is 1. The number of benzene rings is 1. The van der Waals surface area contributed by atoms with Crippen molar-refractivity contribution in [2.75, 3.05) is 12.3 Å². The Hall–Kier alpha value is -1.96. The molecule has 0 saturated carbocycles. The van der Waals surface area contributed by atoms with Crippen molar-refractivity contribution in [2.24, 2.45) is 7.05 Å². The minimum Gasteiger partial charge on any atom is -0.490 e. The van der Waals surface area contributed by atoms with Crippen LogP contribution in [0.15, 0.2) is 27.0 Å². The smallest absolute Gasteiger partial charge is 0.343 e. The minimum atomic E-state index is -0.504. The molecule has 0 aliphatic heterocycles. The molecule has 0 unspecified atom stereocenters. The van der Waals surface area contributed by atoms with Crippen LogP contribution in [0.5, 0.6) is 5.75 Å². The SMILES string of the molecule is CCCOc1cc(Sc2n[nH]c(=O)n2C)c(N)cc1F. The van der Waals surface area contributed by atoms with Gasteiger partial charge in [0.05, 0.1) is 6.61 Å². The zero-order chi connectivity index (χ0) is 14.7. The fourth-order valence-corrected chi connectivity index (χ4v) is 2.33. The van der Waals surface area contributed by atoms with Gasteiger partial charge in [-0.05, 0) is 24.2 Å². The Bertz CT molecular complexity index is 668. The number of nitrogens with two attached hydrogens (primary N) is 1. The lowest BCUT2D eigenvalue weighted by Gasteiger charge is -2.10. The number of nitrogens with zero attached hydrogens (tertiary/aromatic N) is 2. The van der Waals surface area contributed by atoms with E-state index in [9.17, 15) is 9.18 Å². The van der Waals surface area contributed by atoms with E-state index in [1.807, 2.05) is 6.92 Å². The van der Waals surface area contributed by atoms with Crippen molar-refractivity contribution in [2.45, 2.75) is 23.4 Å². The van der Waals surface area contributed by atoms with Crippen LogP contribution in [0, 0.1) is 5.82 Å². The Morgan fingerprint density at radius 1 is 1.55 bits per heavy atom. The van der Waals surface area contributed by atoms with Gasteiger partial charge in [-0.3, -0.25) is 4.57 Å². The van der Waals surface area contributed by atoms with E-state index in [0.29, 0.717) is 16.7 Å². The molecule has 0 amide bonds. The molecule has 2 aromatic rings. The first-order chi connectivity index (χ1) is 9.52. The number of halogens is 1. The summed E-state index contributed by atoms with van der Waals surface area (Å²) >= 11 is 1.17. The molecule has 6 nitrogen and oxygen atoms in total. The topological polar surface area (TPSA) is 85.9 Å². The summed E-state index contributed by atoms with van der Waals surface area (Å²) in [5.41, 5.74) is 5.73. The van der Waals surface area contributed by atoms with Gasteiger partial charge in [0, 0.05) is 23.7 Å². The number of aromatic nitrogens is 3. The molecule has 2 rings (SSSR count). The molecule has 20 heavy (non-hydrogen) atoms. The third-order valence-corrected chi connectivity index (χ3v) is 3.69. The van der Waals surface area contributed by atoms with E-state index in [4.69, 9.17) is 10.5 Å². The molecule has 8 heteroatoms. The van der Waals surface area contributed by atoms with E-state index in [-0.39, 0.29) is 17.1 Å². The summed E-state index contributed by atoms with van der Waals surface area (Å²) in [4.78, 5) is 11.9. The average molecular weight is 298 g/mol. The number of nitrogens with one attached hydrogen (secondary N) is 1. The second kappa shape index (κ2) is 6.00. The Morgan fingerprint density at radius 2 is 2.30 bits per heavy atom. The van der Waals surface area contributed by atoms with E-state index in [0.717, 1.165) is 6.42 Å². The highest BCUT2D eigenvalue weighted by Crippen LogP contribution is 2.34. The van der Waals surface area contributed by atoms with Crippen LogP contribution in [0.25, 0.3) is 0 Å². The average Bonchev–Trinajstić information content (AvgIpc) is 2.72. The zero-order valence-corrected chi connectivity index (χ0v) is 12.0. The van der Waals surface area contributed by atoms with Gasteiger partial charge in [0.25, 0.3) is 0 Å². The summed E-state index contributed by atoms with van der Waals surface area (Å²) in [6.45, 7) is 2.36. The van der Waals surface area contributed by atoms with Crippen LogP contribution in [0.4, 0.5) is 10.1 Å². The summed E-state index contributed by atoms with van der Waals surface area (Å²) in [6, 6.07) is 2.72. The molecular weight excluding hydrogens is 283 g/mol. The van der Waals surface area contributed by atoms with Crippen LogP contribution < -0.4 is 16.2 Å². The number of ether oxygens (including phenoxy) is 1. The monoisotopic (exact) mass is 298 g/mol. The number of hydrogen-bond acceptors (Lipinski definition) is 5. The van der Waals surface area contributed by atoms with Gasteiger partial charge in [0.2, 0.25) is 0 Å². The number of hydrogen-bond donors (Lipinski definition) is 2. The first-order valence-corrected chi connectivity index (χ1v) is 6.85. The van der Waals surface area contributed by atoms with Crippen LogP contribution in [-0.4, -0.2) is 21.4 Å². The Labute approximate surface area is 119 Å². The molecule has 0 saturated heterocycles. The van der Waals surface area contributed by atoms with Crippen molar-refractivity contribution in [3.05, 3.63) is 28.4 Å². The van der Waals surface area contributed by atoms with E-state index in [2.05, 4.69) is 10.2 Å². The molecule has 1 aromatic heterocycles. The van der Waals surface area contributed by atoms with Crippen LogP contribution >= 0.6 is 11.8 Å². The molecule has 0 fully saturated rings. The zero-order valence-electron chi connectivity index (χ0n) is 11.1. The Morgan fingerprint density at radius 3 is 2.90 bits per heavy atom. The summed E-state index contributed by atoms with van der Waals surface area (Å²) in [7, 11) is 1.59. The van der Waals surface area contributed by atoms with Crippen molar-refractivity contribution >= 4 is 17.4 Å². The quantitative estimate of drug-likeness (QED) is 0.822. The third kappa shape index (κ3) is 2.96. The fraction of sp³-hybridized carbons (Fsp3) is 0.333. The van der Waals surface area contributed by atoms with Crippen LogP contribution in [0.1, 0.15) is 13.3 Å². The Kier molecular flexibility index (Phi) is 4.33. The molecule has 1 heterocycles. The lowest BCUT2D eigenvalue weighted by molar-refractivity contribution is 0.300. The van der Waals surface area contributed by atoms with Crippen LogP contribution in [0.3, 0.4) is 0 Å². The molecular formula is C12H15FN4O2S. The lowest BCUT2D eigenvalue weighted by atomic mass is 10.3. The van der Waals surface area contributed by atoms with Gasteiger partial charge < -0.3 is 10.5 Å². The fourth-order valence-electron chi connectivity index (χ4n) is 1.48. The Balaban J connectivity index is 2.31. The highest BCUT2D eigenvalue weighted by Gasteiger charge is 2.13. The molecule has 0 aliphatic rings. The van der Waals surface area contributed by atoms with Gasteiger partial charge in [-0.1, -0.05) is 6.92 Å². The maximum absolute atomic E-state index is 13.7. The first kappa shape index (κ1) is 14.4. The highest BCUT2D eigenvalue weighted by atomic mass is 32.2. The minimum absolute atomic E-state index is 0.143. The predicted molar refractivity (Wildman–Crippen MR) is 74.6 cm³/mol. The van der Waals surface area contributed by atoms with E-state index >= 15 is 0 Å². The second-order valence-corrected chi connectivity index (χ2v) is 5.15. The number of H-pyrrole nitrogens is 1. The van der Waals surface area contributed by atoms with Crippen molar-refractivity contribution in [3.8, 4) is 5.75 Å². The number of aromatic amines is 1. The van der Waals surface area contributed by atoms with Crippen molar-refractivity contribution < 1.29 is 9.13 Å². The van der Waals surface area contributed by atoms with Gasteiger partial charge in [0.15, 0.2) is 16.7 Å². The standard InChI is InChI=1S/C12H15FN4O2S/c1-3-4-19-9-6-10(8(14)5-7(9)13)20-12-16-15-11(18)17(12)2/h5-6H,3-4,14H2,1-2H3,(H,15,18). The maximum atomic E-state index is 13.7. The summed E-state index contributed by atoms with van der Waals surface area (Å²) < 4.78 is 20.3. The maximum Gasteiger partial charge on any atom is 0.343 e. The first-order valence-electron chi connectivity index (χ1n) is 6.04. The largest absolute Gasteiger partial charge is 0.490 e. The summed E-state index contributed by atoms with van der Waals surface area (Å²) in [6.07, 6.45) is 0.778. The van der Waals surface area contributed by atoms with Gasteiger partial charge in [-0.25, -0.2) is 14.3 Å². The summed E-state index contributed by atoms with van der Waals surface area (Å²) in [5.74, 6) is -0.361. The number of rotatable bonds is 5. The van der Waals surface area contributed by atoms with Crippen molar-refractivity contribution in [3.63, 3.8) is 0 Å². The van der Waals surface area contributed by atoms with Crippen LogP contribution in [-0.2, 0) is 7.05 Å². The van der Waals surface area contributed by atoms with E-state index in [1.165, 1.54) is 28.5 Å². The molecule has 0 aliphatic carbocycles.